The number of nitrogens with zero attached hydrogens (tertiary/aromatic N) is 3. The average molecular weight is 335 g/mol. The van der Waals surface area contributed by atoms with E-state index in [-0.39, 0.29) is 11.6 Å². The van der Waals surface area contributed by atoms with E-state index in [0.29, 0.717) is 30.6 Å². The smallest absolute Gasteiger partial charge is 0.222 e. The van der Waals surface area contributed by atoms with Crippen LogP contribution in [-0.4, -0.2) is 29.6 Å². The summed E-state index contributed by atoms with van der Waals surface area (Å²) in [5.74, 6) is 3.38. The summed E-state index contributed by atoms with van der Waals surface area (Å²) in [7, 11) is 0. The number of carbonyl (C=O) groups is 1. The van der Waals surface area contributed by atoms with E-state index < -0.39 is 0 Å². The van der Waals surface area contributed by atoms with E-state index in [1.165, 1.54) is 24.8 Å². The molecule has 25 heavy (non-hydrogen) atoms. The first-order valence-electron chi connectivity index (χ1n) is 9.37. The van der Waals surface area contributed by atoms with Crippen LogP contribution < -0.4 is 0 Å². The van der Waals surface area contributed by atoms with Gasteiger partial charge in [0.1, 0.15) is 0 Å². The maximum Gasteiger partial charge on any atom is 0.222 e. The number of terminal acetylenes is 1. The molecule has 2 fully saturated rings. The highest BCUT2D eigenvalue weighted by Crippen LogP contribution is 2.55. The Morgan fingerprint density at radius 3 is 2.60 bits per heavy atom. The molecule has 1 saturated carbocycles. The minimum Gasteiger partial charge on any atom is -0.341 e. The normalized spacial score (nSPS) is 24.8. The molecule has 0 radical (unpaired) electrons. The maximum absolute atomic E-state index is 12.8. The number of benzene rings is 1. The molecular formula is C21H25N3O. The van der Waals surface area contributed by atoms with Gasteiger partial charge in [0.25, 0.3) is 0 Å². The maximum atomic E-state index is 12.8. The standard InChI is InChI=1S/C21H25N3O/c1-2-3-13-21(22-23-21)14-10-19(25)24-15-18(17-8-5-4-6-9-17)20(16-24)11-7-12-20/h1,4-6,8-9,18H,3,7,10-16H2. The van der Waals surface area contributed by atoms with Crippen LogP contribution in [0.15, 0.2) is 40.6 Å². The Labute approximate surface area is 149 Å². The van der Waals surface area contributed by atoms with Crippen molar-refractivity contribution in [3.63, 3.8) is 0 Å². The summed E-state index contributed by atoms with van der Waals surface area (Å²) in [5, 5.41) is 8.29. The summed E-state index contributed by atoms with van der Waals surface area (Å²) in [5.41, 5.74) is 1.34. The van der Waals surface area contributed by atoms with Gasteiger partial charge in [-0.1, -0.05) is 36.8 Å². The van der Waals surface area contributed by atoms with E-state index in [2.05, 4.69) is 51.4 Å². The first-order chi connectivity index (χ1) is 12.2. The van der Waals surface area contributed by atoms with Gasteiger partial charge in [0.05, 0.1) is 0 Å². The lowest BCUT2D eigenvalue weighted by Gasteiger charge is -2.43. The zero-order chi connectivity index (χ0) is 17.3. The van der Waals surface area contributed by atoms with Crippen LogP contribution in [-0.2, 0) is 4.79 Å². The van der Waals surface area contributed by atoms with Crippen LogP contribution >= 0.6 is 0 Å². The second-order valence-corrected chi connectivity index (χ2v) is 7.84. The molecule has 0 aromatic heterocycles. The van der Waals surface area contributed by atoms with Crippen LogP contribution in [0.1, 0.15) is 56.4 Å². The molecule has 1 spiro atoms. The summed E-state index contributed by atoms with van der Waals surface area (Å²) in [6.45, 7) is 1.77. The third kappa shape index (κ3) is 3.08. The van der Waals surface area contributed by atoms with Crippen molar-refractivity contribution in [3.05, 3.63) is 35.9 Å². The third-order valence-corrected chi connectivity index (χ3v) is 6.34. The lowest BCUT2D eigenvalue weighted by Crippen LogP contribution is -2.37. The van der Waals surface area contributed by atoms with Gasteiger partial charge in [0.2, 0.25) is 5.91 Å². The molecule has 2 aliphatic heterocycles. The minimum absolute atomic E-state index is 0.252. The average Bonchev–Trinajstić information content (AvgIpc) is 3.26. The molecule has 0 N–H and O–H groups in total. The Hall–Kier alpha value is -2.15. The fraction of sp³-hybridized carbons (Fsp3) is 0.571. The summed E-state index contributed by atoms with van der Waals surface area (Å²) >= 11 is 0. The summed E-state index contributed by atoms with van der Waals surface area (Å²) in [4.78, 5) is 14.9. The van der Waals surface area contributed by atoms with E-state index in [9.17, 15) is 4.79 Å². The third-order valence-electron chi connectivity index (χ3n) is 6.34. The van der Waals surface area contributed by atoms with Gasteiger partial charge in [-0.05, 0) is 23.8 Å². The Morgan fingerprint density at radius 1 is 1.24 bits per heavy atom. The van der Waals surface area contributed by atoms with Crippen molar-refractivity contribution >= 4 is 5.91 Å². The first kappa shape index (κ1) is 16.3. The monoisotopic (exact) mass is 335 g/mol. The van der Waals surface area contributed by atoms with Crippen molar-refractivity contribution in [1.82, 2.24) is 4.90 Å². The summed E-state index contributed by atoms with van der Waals surface area (Å²) in [6, 6.07) is 10.7. The predicted octanol–water partition coefficient (Wildman–Crippen LogP) is 4.14. The highest BCUT2D eigenvalue weighted by Gasteiger charge is 2.52. The van der Waals surface area contributed by atoms with Gasteiger partial charge >= 0.3 is 0 Å². The molecule has 1 saturated heterocycles. The number of hydrogen-bond acceptors (Lipinski definition) is 3. The summed E-state index contributed by atoms with van der Waals surface area (Å²) < 4.78 is 0. The molecular weight excluding hydrogens is 310 g/mol. The minimum atomic E-state index is -0.352. The molecule has 4 nitrogen and oxygen atoms in total. The van der Waals surface area contributed by atoms with E-state index in [1.807, 2.05) is 0 Å². The van der Waals surface area contributed by atoms with Crippen molar-refractivity contribution in [3.8, 4) is 12.3 Å². The number of likely N-dealkylation sites (tertiary alicyclic amines) is 1. The van der Waals surface area contributed by atoms with Crippen LogP contribution in [0, 0.1) is 17.8 Å². The Morgan fingerprint density at radius 2 is 2.00 bits per heavy atom. The fourth-order valence-corrected chi connectivity index (χ4v) is 4.57. The molecule has 1 aromatic carbocycles. The molecule has 0 bridgehead atoms. The zero-order valence-corrected chi connectivity index (χ0v) is 14.7. The fourth-order valence-electron chi connectivity index (χ4n) is 4.57. The van der Waals surface area contributed by atoms with Gasteiger partial charge in [-0.2, -0.15) is 10.2 Å². The largest absolute Gasteiger partial charge is 0.341 e. The van der Waals surface area contributed by atoms with Gasteiger partial charge in [0.15, 0.2) is 5.66 Å². The van der Waals surface area contributed by atoms with Crippen LogP contribution in [0.2, 0.25) is 0 Å². The van der Waals surface area contributed by atoms with Crippen molar-refractivity contribution < 1.29 is 4.79 Å². The van der Waals surface area contributed by atoms with Gasteiger partial charge in [-0.3, -0.25) is 4.79 Å². The highest BCUT2D eigenvalue weighted by atomic mass is 16.2. The lowest BCUT2D eigenvalue weighted by atomic mass is 9.61. The number of carbonyl (C=O) groups excluding carboxylic acids is 1. The second-order valence-electron chi connectivity index (χ2n) is 7.84. The van der Waals surface area contributed by atoms with E-state index >= 15 is 0 Å². The topological polar surface area (TPSA) is 45.0 Å². The Balaban J connectivity index is 1.39. The van der Waals surface area contributed by atoms with Gasteiger partial charge in [-0.15, -0.1) is 12.3 Å². The van der Waals surface area contributed by atoms with Crippen molar-refractivity contribution in [2.24, 2.45) is 15.6 Å². The first-order valence-corrected chi connectivity index (χ1v) is 9.37. The van der Waals surface area contributed by atoms with Gasteiger partial charge in [0, 0.05) is 44.7 Å². The van der Waals surface area contributed by atoms with Gasteiger partial charge < -0.3 is 4.90 Å². The molecule has 4 heteroatoms. The molecule has 1 amide bonds. The van der Waals surface area contributed by atoms with Crippen LogP contribution in [0.5, 0.6) is 0 Å². The molecule has 1 aromatic rings. The van der Waals surface area contributed by atoms with Crippen LogP contribution in [0.4, 0.5) is 0 Å². The Bertz CT molecular complexity index is 708. The molecule has 1 aliphatic carbocycles. The molecule has 4 rings (SSSR count). The summed E-state index contributed by atoms with van der Waals surface area (Å²) in [6.07, 6.45) is 11.8. The van der Waals surface area contributed by atoms with E-state index in [1.54, 1.807) is 0 Å². The zero-order valence-electron chi connectivity index (χ0n) is 14.7. The molecule has 2 heterocycles. The number of amides is 1. The number of rotatable bonds is 6. The predicted molar refractivity (Wildman–Crippen MR) is 96.9 cm³/mol. The van der Waals surface area contributed by atoms with E-state index in [0.717, 1.165) is 19.5 Å². The second kappa shape index (κ2) is 6.29. The molecule has 130 valence electrons. The SMILES string of the molecule is C#CCCC1(CCC(=O)N2CC(c3ccccc3)C3(CCC3)C2)N=N1. The highest BCUT2D eigenvalue weighted by molar-refractivity contribution is 5.77. The van der Waals surface area contributed by atoms with Crippen LogP contribution in [0.3, 0.4) is 0 Å². The number of hydrogen-bond donors (Lipinski definition) is 0. The van der Waals surface area contributed by atoms with Crippen LogP contribution in [0.25, 0.3) is 0 Å². The van der Waals surface area contributed by atoms with Gasteiger partial charge in [-0.25, -0.2) is 0 Å². The molecule has 1 unspecified atom stereocenters. The quantitative estimate of drug-likeness (QED) is 0.721. The van der Waals surface area contributed by atoms with Crippen molar-refractivity contribution in [2.75, 3.05) is 13.1 Å². The lowest BCUT2D eigenvalue weighted by molar-refractivity contribution is -0.131. The van der Waals surface area contributed by atoms with Crippen molar-refractivity contribution in [1.29, 1.82) is 0 Å². The molecule has 3 aliphatic rings. The molecule has 1 atom stereocenters. The Kier molecular flexibility index (Phi) is 4.11. The van der Waals surface area contributed by atoms with E-state index in [4.69, 9.17) is 6.42 Å². The van der Waals surface area contributed by atoms with Crippen molar-refractivity contribution in [2.45, 2.75) is 56.5 Å².